The van der Waals surface area contributed by atoms with Crippen LogP contribution in [0.15, 0.2) is 30.3 Å². The van der Waals surface area contributed by atoms with E-state index in [0.29, 0.717) is 13.2 Å². The Hall–Kier alpha value is -1.15. The molecule has 0 radical (unpaired) electrons. The lowest BCUT2D eigenvalue weighted by molar-refractivity contribution is -0.112. The molecule has 0 N–H and O–H groups in total. The molecule has 1 heterocycles. The number of carbonyl (C=O) groups excluding carboxylic acids is 1. The Labute approximate surface area is 77.5 Å². The molecule has 0 bridgehead atoms. The summed E-state index contributed by atoms with van der Waals surface area (Å²) in [5, 5.41) is 0. The van der Waals surface area contributed by atoms with E-state index in [1.807, 2.05) is 30.3 Å². The van der Waals surface area contributed by atoms with Crippen molar-refractivity contribution in [2.24, 2.45) is 0 Å². The molecule has 1 atom stereocenters. The normalized spacial score (nSPS) is 27.4. The number of ether oxygens (including phenoxy) is 1. The van der Waals surface area contributed by atoms with E-state index in [-0.39, 0.29) is 5.41 Å². The van der Waals surface area contributed by atoms with Gasteiger partial charge in [0.25, 0.3) is 0 Å². The Balaban J connectivity index is 2.36. The second-order valence-electron chi connectivity index (χ2n) is 3.44. The molecule has 13 heavy (non-hydrogen) atoms. The fraction of sp³-hybridized carbons (Fsp3) is 0.364. The first-order chi connectivity index (χ1) is 6.37. The molecule has 2 nitrogen and oxygen atoms in total. The second-order valence-corrected chi connectivity index (χ2v) is 3.44. The lowest BCUT2D eigenvalue weighted by Crippen LogP contribution is -2.27. The van der Waals surface area contributed by atoms with E-state index in [1.165, 1.54) is 0 Å². The fourth-order valence-corrected chi connectivity index (χ4v) is 1.74. The van der Waals surface area contributed by atoms with E-state index < -0.39 is 0 Å². The van der Waals surface area contributed by atoms with Gasteiger partial charge in [-0.05, 0) is 12.0 Å². The van der Waals surface area contributed by atoms with E-state index >= 15 is 0 Å². The van der Waals surface area contributed by atoms with Gasteiger partial charge in [0.2, 0.25) is 0 Å². The van der Waals surface area contributed by atoms with E-state index in [0.717, 1.165) is 18.3 Å². The van der Waals surface area contributed by atoms with Gasteiger partial charge >= 0.3 is 0 Å². The Morgan fingerprint density at radius 3 is 2.62 bits per heavy atom. The third kappa shape index (κ3) is 1.38. The number of rotatable bonds is 2. The van der Waals surface area contributed by atoms with Crippen molar-refractivity contribution >= 4 is 6.29 Å². The van der Waals surface area contributed by atoms with Gasteiger partial charge in [-0.2, -0.15) is 0 Å². The summed E-state index contributed by atoms with van der Waals surface area (Å²) in [6, 6.07) is 9.85. The average molecular weight is 176 g/mol. The largest absolute Gasteiger partial charge is 0.380 e. The molecule has 2 heteroatoms. The molecular weight excluding hydrogens is 164 g/mol. The van der Waals surface area contributed by atoms with Crippen LogP contribution >= 0.6 is 0 Å². The van der Waals surface area contributed by atoms with Crippen molar-refractivity contribution in [3.8, 4) is 0 Å². The average Bonchev–Trinajstić information content (AvgIpc) is 2.69. The monoisotopic (exact) mass is 176 g/mol. The third-order valence-electron chi connectivity index (χ3n) is 2.63. The second kappa shape index (κ2) is 3.30. The molecule has 1 aliphatic heterocycles. The van der Waals surface area contributed by atoms with Crippen LogP contribution in [0.4, 0.5) is 0 Å². The number of hydrogen-bond acceptors (Lipinski definition) is 2. The molecule has 1 aromatic rings. The minimum Gasteiger partial charge on any atom is -0.380 e. The van der Waals surface area contributed by atoms with Crippen molar-refractivity contribution in [1.82, 2.24) is 0 Å². The highest BCUT2D eigenvalue weighted by Gasteiger charge is 2.36. The number of benzene rings is 1. The van der Waals surface area contributed by atoms with Gasteiger partial charge in [-0.15, -0.1) is 0 Å². The summed E-state index contributed by atoms with van der Waals surface area (Å²) in [6.07, 6.45) is 1.83. The zero-order chi connectivity index (χ0) is 9.15. The van der Waals surface area contributed by atoms with Gasteiger partial charge in [-0.1, -0.05) is 30.3 Å². The summed E-state index contributed by atoms with van der Waals surface area (Å²) in [7, 11) is 0. The van der Waals surface area contributed by atoms with Gasteiger partial charge in [0.15, 0.2) is 0 Å². The summed E-state index contributed by atoms with van der Waals surface area (Å²) in [4.78, 5) is 11.0. The van der Waals surface area contributed by atoms with Crippen LogP contribution in [0.5, 0.6) is 0 Å². The van der Waals surface area contributed by atoms with Crippen LogP contribution in [-0.4, -0.2) is 19.5 Å². The SMILES string of the molecule is O=C[C@@]1(c2ccccc2)CCOC1. The maximum Gasteiger partial charge on any atom is 0.132 e. The molecule has 68 valence electrons. The highest BCUT2D eigenvalue weighted by Crippen LogP contribution is 2.30. The van der Waals surface area contributed by atoms with Crippen LogP contribution in [0.1, 0.15) is 12.0 Å². The molecule has 1 saturated heterocycles. The highest BCUT2D eigenvalue weighted by molar-refractivity contribution is 5.69. The van der Waals surface area contributed by atoms with Gasteiger partial charge in [-0.25, -0.2) is 0 Å². The van der Waals surface area contributed by atoms with Crippen molar-refractivity contribution < 1.29 is 9.53 Å². The van der Waals surface area contributed by atoms with Gasteiger partial charge in [0, 0.05) is 6.61 Å². The first-order valence-electron chi connectivity index (χ1n) is 4.47. The third-order valence-corrected chi connectivity index (χ3v) is 2.63. The lowest BCUT2D eigenvalue weighted by Gasteiger charge is -2.19. The first kappa shape index (κ1) is 8.45. The van der Waals surface area contributed by atoms with E-state index in [4.69, 9.17) is 4.74 Å². The topological polar surface area (TPSA) is 26.3 Å². The molecule has 2 rings (SSSR count). The molecule has 0 unspecified atom stereocenters. The first-order valence-corrected chi connectivity index (χ1v) is 4.47. The van der Waals surface area contributed by atoms with E-state index in [2.05, 4.69) is 0 Å². The van der Waals surface area contributed by atoms with Crippen molar-refractivity contribution in [3.63, 3.8) is 0 Å². The molecule has 1 fully saturated rings. The van der Waals surface area contributed by atoms with Crippen LogP contribution in [0, 0.1) is 0 Å². The highest BCUT2D eigenvalue weighted by atomic mass is 16.5. The summed E-state index contributed by atoms with van der Waals surface area (Å²) in [5.41, 5.74) is 0.698. The molecule has 0 aromatic heterocycles. The van der Waals surface area contributed by atoms with Crippen molar-refractivity contribution in [2.45, 2.75) is 11.8 Å². The Bertz CT molecular complexity index is 286. The van der Waals surface area contributed by atoms with Gasteiger partial charge in [0.05, 0.1) is 12.0 Å². The lowest BCUT2D eigenvalue weighted by atomic mass is 9.81. The smallest absolute Gasteiger partial charge is 0.132 e. The van der Waals surface area contributed by atoms with Crippen molar-refractivity contribution in [3.05, 3.63) is 35.9 Å². The standard InChI is InChI=1S/C11H12O2/c12-8-11(6-7-13-9-11)10-4-2-1-3-5-10/h1-5,8H,6-7,9H2/t11-/m0/s1. The minimum absolute atomic E-state index is 0.374. The maximum atomic E-state index is 11.0. The van der Waals surface area contributed by atoms with Gasteiger partial charge in [-0.3, -0.25) is 0 Å². The van der Waals surface area contributed by atoms with Crippen LogP contribution in [0.3, 0.4) is 0 Å². The molecule has 0 spiro atoms. The quantitative estimate of drug-likeness (QED) is 0.639. The zero-order valence-electron chi connectivity index (χ0n) is 7.40. The number of carbonyl (C=O) groups is 1. The van der Waals surface area contributed by atoms with Crippen LogP contribution in [0.2, 0.25) is 0 Å². The van der Waals surface area contributed by atoms with Crippen molar-refractivity contribution in [2.75, 3.05) is 13.2 Å². The molecule has 0 aliphatic carbocycles. The Morgan fingerprint density at radius 1 is 1.31 bits per heavy atom. The van der Waals surface area contributed by atoms with Gasteiger partial charge < -0.3 is 9.53 Å². The summed E-state index contributed by atoms with van der Waals surface area (Å²) in [6.45, 7) is 1.22. The predicted molar refractivity (Wildman–Crippen MR) is 49.6 cm³/mol. The van der Waals surface area contributed by atoms with Gasteiger partial charge in [0.1, 0.15) is 6.29 Å². The van der Waals surface area contributed by atoms with E-state index in [9.17, 15) is 4.79 Å². The minimum atomic E-state index is -0.374. The Kier molecular flexibility index (Phi) is 2.15. The van der Waals surface area contributed by atoms with Crippen LogP contribution in [-0.2, 0) is 14.9 Å². The van der Waals surface area contributed by atoms with Crippen LogP contribution < -0.4 is 0 Å². The maximum absolute atomic E-state index is 11.0. The summed E-state index contributed by atoms with van der Waals surface area (Å²) in [5.74, 6) is 0. The summed E-state index contributed by atoms with van der Waals surface area (Å²) < 4.78 is 5.27. The summed E-state index contributed by atoms with van der Waals surface area (Å²) >= 11 is 0. The molecule has 0 amide bonds. The predicted octanol–water partition coefficient (Wildman–Crippen LogP) is 1.54. The molecule has 1 aliphatic rings. The Morgan fingerprint density at radius 2 is 2.08 bits per heavy atom. The number of hydrogen-bond donors (Lipinski definition) is 0. The molecular formula is C11H12O2. The zero-order valence-corrected chi connectivity index (χ0v) is 7.40. The molecule has 0 saturated carbocycles. The van der Waals surface area contributed by atoms with E-state index in [1.54, 1.807) is 0 Å². The molecule has 1 aromatic carbocycles. The number of aldehydes is 1. The van der Waals surface area contributed by atoms with Crippen LogP contribution in [0.25, 0.3) is 0 Å². The van der Waals surface area contributed by atoms with Crippen molar-refractivity contribution in [1.29, 1.82) is 0 Å². The fourth-order valence-electron chi connectivity index (χ4n) is 1.74.